The second-order valence-electron chi connectivity index (χ2n) is 3.73. The van der Waals surface area contributed by atoms with Crippen molar-refractivity contribution in [3.05, 3.63) is 67.6 Å². The molecule has 1 atom stereocenters. The molecule has 0 saturated heterocycles. The van der Waals surface area contributed by atoms with Crippen LogP contribution in [0.3, 0.4) is 0 Å². The molecule has 0 aromatic heterocycles. The van der Waals surface area contributed by atoms with Crippen LogP contribution in [0.25, 0.3) is 0 Å². The Morgan fingerprint density at radius 2 is 1.39 bits per heavy atom. The molecular weight excluding hydrogens is 378 g/mol. The van der Waals surface area contributed by atoms with Crippen molar-refractivity contribution < 1.29 is 0 Å². The maximum atomic E-state index is 6.17. The zero-order valence-corrected chi connectivity index (χ0v) is 13.5. The van der Waals surface area contributed by atoms with Crippen molar-refractivity contribution >= 4 is 62.3 Å². The number of rotatable bonds is 2. The van der Waals surface area contributed by atoms with Crippen LogP contribution in [0.2, 0.25) is 20.1 Å². The van der Waals surface area contributed by atoms with Gasteiger partial charge in [-0.2, -0.15) is 0 Å². The van der Waals surface area contributed by atoms with E-state index in [1.54, 1.807) is 18.2 Å². The summed E-state index contributed by atoms with van der Waals surface area (Å²) >= 11 is 27.7. The highest BCUT2D eigenvalue weighted by Crippen LogP contribution is 2.38. The fourth-order valence-corrected chi connectivity index (χ4v) is 3.33. The second kappa shape index (κ2) is 6.02. The van der Waals surface area contributed by atoms with E-state index in [1.807, 2.05) is 18.2 Å². The Bertz CT molecular complexity index is 563. The van der Waals surface area contributed by atoms with Gasteiger partial charge in [0.25, 0.3) is 0 Å². The first-order valence-corrected chi connectivity index (χ1v) is 7.45. The second-order valence-corrected chi connectivity index (χ2v) is 6.36. The van der Waals surface area contributed by atoms with Crippen LogP contribution in [0.4, 0.5) is 0 Å². The molecule has 2 aromatic carbocycles. The average Bonchev–Trinajstić information content (AvgIpc) is 2.30. The first kappa shape index (κ1) is 14.5. The lowest BCUT2D eigenvalue weighted by Gasteiger charge is -2.13. The quantitative estimate of drug-likeness (QED) is 0.500. The van der Waals surface area contributed by atoms with E-state index in [2.05, 4.69) is 15.9 Å². The Hall–Kier alpha value is 0.0800. The Balaban J connectivity index is 2.47. The molecule has 0 aliphatic carbocycles. The summed E-state index contributed by atoms with van der Waals surface area (Å²) in [5.41, 5.74) is 1.80. The number of halogens is 5. The summed E-state index contributed by atoms with van der Waals surface area (Å²) in [6.45, 7) is 0. The first-order valence-electron chi connectivity index (χ1n) is 5.02. The Morgan fingerprint density at radius 3 is 2.00 bits per heavy atom. The predicted octanol–water partition coefficient (Wildman–Crippen LogP) is 6.78. The number of alkyl halides is 1. The molecule has 0 aliphatic heterocycles. The van der Waals surface area contributed by atoms with Gasteiger partial charge in [0.05, 0.1) is 4.83 Å². The van der Waals surface area contributed by atoms with Crippen LogP contribution >= 0.6 is 62.3 Å². The van der Waals surface area contributed by atoms with E-state index >= 15 is 0 Å². The van der Waals surface area contributed by atoms with Crippen molar-refractivity contribution in [2.45, 2.75) is 4.83 Å². The molecule has 0 bridgehead atoms. The number of hydrogen-bond acceptors (Lipinski definition) is 0. The molecule has 94 valence electrons. The fraction of sp³-hybridized carbons (Fsp3) is 0.0769. The maximum absolute atomic E-state index is 6.17. The van der Waals surface area contributed by atoms with Crippen molar-refractivity contribution in [2.24, 2.45) is 0 Å². The van der Waals surface area contributed by atoms with Gasteiger partial charge in [0.1, 0.15) is 0 Å². The molecule has 0 fully saturated rings. The molecule has 18 heavy (non-hydrogen) atoms. The van der Waals surface area contributed by atoms with Crippen LogP contribution in [0, 0.1) is 0 Å². The van der Waals surface area contributed by atoms with Gasteiger partial charge in [0, 0.05) is 20.1 Å². The molecule has 0 heterocycles. The van der Waals surface area contributed by atoms with Gasteiger partial charge in [0.15, 0.2) is 0 Å². The summed E-state index contributed by atoms with van der Waals surface area (Å²) in [6.07, 6.45) is 0. The summed E-state index contributed by atoms with van der Waals surface area (Å²) in [4.78, 5) is -0.111. The SMILES string of the molecule is Clc1cc(Cl)cc(C(Br)c2cc(Cl)ccc2Cl)c1. The van der Waals surface area contributed by atoms with Gasteiger partial charge in [-0.3, -0.25) is 0 Å². The zero-order valence-electron chi connectivity index (χ0n) is 8.93. The summed E-state index contributed by atoms with van der Waals surface area (Å²) < 4.78 is 0. The minimum absolute atomic E-state index is 0.111. The largest absolute Gasteiger partial charge is 0.0843 e. The minimum atomic E-state index is -0.111. The van der Waals surface area contributed by atoms with Crippen LogP contribution in [-0.4, -0.2) is 0 Å². The Labute approximate surface area is 134 Å². The molecule has 0 N–H and O–H groups in total. The fourth-order valence-electron chi connectivity index (χ4n) is 1.61. The van der Waals surface area contributed by atoms with Gasteiger partial charge >= 0.3 is 0 Å². The maximum Gasteiger partial charge on any atom is 0.0660 e. The van der Waals surface area contributed by atoms with E-state index in [4.69, 9.17) is 46.4 Å². The molecule has 0 amide bonds. The lowest BCUT2D eigenvalue weighted by atomic mass is 10.0. The van der Waals surface area contributed by atoms with Crippen molar-refractivity contribution in [1.82, 2.24) is 0 Å². The van der Waals surface area contributed by atoms with Crippen LogP contribution in [0.15, 0.2) is 36.4 Å². The van der Waals surface area contributed by atoms with Crippen molar-refractivity contribution in [1.29, 1.82) is 0 Å². The van der Waals surface area contributed by atoms with Crippen molar-refractivity contribution in [2.75, 3.05) is 0 Å². The van der Waals surface area contributed by atoms with E-state index in [0.29, 0.717) is 20.1 Å². The molecule has 5 heteroatoms. The smallest absolute Gasteiger partial charge is 0.0660 e. The summed E-state index contributed by atoms with van der Waals surface area (Å²) in [5, 5.41) is 2.43. The van der Waals surface area contributed by atoms with E-state index in [-0.39, 0.29) is 4.83 Å². The van der Waals surface area contributed by atoms with E-state index in [0.717, 1.165) is 11.1 Å². The summed E-state index contributed by atoms with van der Waals surface area (Å²) in [5.74, 6) is 0. The van der Waals surface area contributed by atoms with Gasteiger partial charge in [0.2, 0.25) is 0 Å². The average molecular weight is 385 g/mol. The standard InChI is InChI=1S/C13H7BrCl4/c14-13(7-3-9(16)5-10(17)4-7)11-6-8(15)1-2-12(11)18/h1-6,13H. The Morgan fingerprint density at radius 1 is 0.778 bits per heavy atom. The normalized spacial score (nSPS) is 12.5. The van der Waals surface area contributed by atoms with Gasteiger partial charge in [-0.25, -0.2) is 0 Å². The molecule has 2 aromatic rings. The predicted molar refractivity (Wildman–Crippen MR) is 83.7 cm³/mol. The number of benzene rings is 2. The topological polar surface area (TPSA) is 0 Å². The Kier molecular flexibility index (Phi) is 4.85. The van der Waals surface area contributed by atoms with Crippen LogP contribution < -0.4 is 0 Å². The molecule has 0 spiro atoms. The van der Waals surface area contributed by atoms with Crippen LogP contribution in [-0.2, 0) is 0 Å². The third kappa shape index (κ3) is 3.34. The zero-order chi connectivity index (χ0) is 13.3. The van der Waals surface area contributed by atoms with Gasteiger partial charge in [-0.05, 0) is 47.5 Å². The molecule has 1 unspecified atom stereocenters. The van der Waals surface area contributed by atoms with E-state index in [1.165, 1.54) is 0 Å². The highest BCUT2D eigenvalue weighted by Gasteiger charge is 2.15. The summed E-state index contributed by atoms with van der Waals surface area (Å²) in [7, 11) is 0. The lowest BCUT2D eigenvalue weighted by molar-refractivity contribution is 1.18. The van der Waals surface area contributed by atoms with Gasteiger partial charge < -0.3 is 0 Å². The van der Waals surface area contributed by atoms with Gasteiger partial charge in [-0.1, -0.05) is 62.3 Å². The number of hydrogen-bond donors (Lipinski definition) is 0. The van der Waals surface area contributed by atoms with E-state index < -0.39 is 0 Å². The molecule has 0 radical (unpaired) electrons. The molecule has 0 aliphatic rings. The molecular formula is C13H7BrCl4. The third-order valence-corrected chi connectivity index (χ3v) is 4.45. The minimum Gasteiger partial charge on any atom is -0.0843 e. The van der Waals surface area contributed by atoms with Crippen LogP contribution in [0.1, 0.15) is 16.0 Å². The molecule has 0 saturated carbocycles. The first-order chi connectivity index (χ1) is 8.47. The van der Waals surface area contributed by atoms with Crippen molar-refractivity contribution in [3.63, 3.8) is 0 Å². The van der Waals surface area contributed by atoms with Crippen LogP contribution in [0.5, 0.6) is 0 Å². The highest BCUT2D eigenvalue weighted by atomic mass is 79.9. The highest BCUT2D eigenvalue weighted by molar-refractivity contribution is 9.09. The van der Waals surface area contributed by atoms with Crippen molar-refractivity contribution in [3.8, 4) is 0 Å². The van der Waals surface area contributed by atoms with Gasteiger partial charge in [-0.15, -0.1) is 0 Å². The van der Waals surface area contributed by atoms with E-state index in [9.17, 15) is 0 Å². The third-order valence-electron chi connectivity index (χ3n) is 2.41. The monoisotopic (exact) mass is 382 g/mol. The molecule has 0 nitrogen and oxygen atoms in total. The molecule has 2 rings (SSSR count). The summed E-state index contributed by atoms with van der Waals surface area (Å²) in [6, 6.07) is 10.7. The lowest BCUT2D eigenvalue weighted by Crippen LogP contribution is -1.94.